The summed E-state index contributed by atoms with van der Waals surface area (Å²) < 4.78 is 1.25. The molecule has 1 aliphatic rings. The van der Waals surface area contributed by atoms with Crippen LogP contribution in [-0.2, 0) is 12.8 Å². The van der Waals surface area contributed by atoms with E-state index in [1.165, 1.54) is 39.1 Å². The molecule has 1 N–H and O–H groups in total. The zero-order valence-corrected chi connectivity index (χ0v) is 15.1. The molecule has 2 aromatic rings. The normalized spacial score (nSPS) is 15.2. The highest BCUT2D eigenvalue weighted by Gasteiger charge is 2.19. The fourth-order valence-corrected chi connectivity index (χ4v) is 4.74. The van der Waals surface area contributed by atoms with E-state index < -0.39 is 0 Å². The minimum Gasteiger partial charge on any atom is -0.306 e. The lowest BCUT2D eigenvalue weighted by Gasteiger charge is -2.19. The molecular weight excluding hydrogens is 342 g/mol. The SMILES string of the molecule is CCCNC(c1ccc2c(c1)CCC2)c1cc(C)c(Br)s1. The maximum absolute atomic E-state index is 3.72. The molecule has 0 bridgehead atoms. The lowest BCUT2D eigenvalue weighted by atomic mass is 9.99. The van der Waals surface area contributed by atoms with Crippen molar-refractivity contribution >= 4 is 27.3 Å². The summed E-state index contributed by atoms with van der Waals surface area (Å²) in [5.74, 6) is 0. The molecule has 0 spiro atoms. The number of halogens is 1. The number of hydrogen-bond acceptors (Lipinski definition) is 2. The Balaban J connectivity index is 1.95. The van der Waals surface area contributed by atoms with E-state index in [4.69, 9.17) is 0 Å². The quantitative estimate of drug-likeness (QED) is 0.749. The van der Waals surface area contributed by atoms with Crippen molar-refractivity contribution in [1.82, 2.24) is 5.32 Å². The summed E-state index contributed by atoms with van der Waals surface area (Å²) in [4.78, 5) is 1.41. The zero-order valence-electron chi connectivity index (χ0n) is 12.7. The zero-order chi connectivity index (χ0) is 14.8. The molecule has 0 saturated heterocycles. The van der Waals surface area contributed by atoms with E-state index in [1.54, 1.807) is 11.1 Å². The van der Waals surface area contributed by atoms with Gasteiger partial charge in [-0.1, -0.05) is 25.1 Å². The average Bonchev–Trinajstić information content (AvgIpc) is 3.06. The maximum Gasteiger partial charge on any atom is 0.0731 e. The number of benzene rings is 1. The fourth-order valence-electron chi connectivity index (χ4n) is 3.07. The van der Waals surface area contributed by atoms with Crippen molar-refractivity contribution in [2.75, 3.05) is 6.54 Å². The van der Waals surface area contributed by atoms with Crippen LogP contribution >= 0.6 is 27.3 Å². The highest BCUT2D eigenvalue weighted by Crippen LogP contribution is 2.35. The molecule has 3 heteroatoms. The van der Waals surface area contributed by atoms with Crippen molar-refractivity contribution in [2.45, 2.75) is 45.6 Å². The molecule has 1 heterocycles. The molecule has 3 rings (SSSR count). The number of nitrogens with one attached hydrogen (secondary N) is 1. The van der Waals surface area contributed by atoms with Gasteiger partial charge >= 0.3 is 0 Å². The van der Waals surface area contributed by atoms with Gasteiger partial charge in [-0.25, -0.2) is 0 Å². The molecule has 1 aliphatic carbocycles. The van der Waals surface area contributed by atoms with Gasteiger partial charge in [-0.05, 0) is 83.4 Å². The Hall–Kier alpha value is -0.640. The predicted molar refractivity (Wildman–Crippen MR) is 95.4 cm³/mol. The van der Waals surface area contributed by atoms with Crippen LogP contribution in [0.1, 0.15) is 52.9 Å². The second-order valence-electron chi connectivity index (χ2n) is 5.87. The van der Waals surface area contributed by atoms with Crippen LogP contribution in [0.4, 0.5) is 0 Å². The molecule has 1 atom stereocenters. The number of aryl methyl sites for hydroxylation is 3. The van der Waals surface area contributed by atoms with Gasteiger partial charge in [0.05, 0.1) is 9.83 Å². The topological polar surface area (TPSA) is 12.0 Å². The van der Waals surface area contributed by atoms with Gasteiger partial charge in [-0.3, -0.25) is 0 Å². The van der Waals surface area contributed by atoms with Crippen LogP contribution in [-0.4, -0.2) is 6.54 Å². The summed E-state index contributed by atoms with van der Waals surface area (Å²) in [6.07, 6.45) is 4.98. The van der Waals surface area contributed by atoms with Crippen molar-refractivity contribution in [3.8, 4) is 0 Å². The number of thiophene rings is 1. The molecular formula is C18H22BrNS. The van der Waals surface area contributed by atoms with Crippen molar-refractivity contribution in [1.29, 1.82) is 0 Å². The maximum atomic E-state index is 3.72. The van der Waals surface area contributed by atoms with Gasteiger partial charge in [-0.2, -0.15) is 0 Å². The molecule has 0 radical (unpaired) electrons. The second-order valence-corrected chi connectivity index (χ2v) is 8.28. The third kappa shape index (κ3) is 3.25. The third-order valence-electron chi connectivity index (χ3n) is 4.22. The summed E-state index contributed by atoms with van der Waals surface area (Å²) in [5.41, 5.74) is 5.86. The first-order chi connectivity index (χ1) is 10.2. The molecule has 0 amide bonds. The number of hydrogen-bond donors (Lipinski definition) is 1. The molecule has 21 heavy (non-hydrogen) atoms. The molecule has 1 aromatic carbocycles. The molecule has 1 nitrogen and oxygen atoms in total. The Morgan fingerprint density at radius 2 is 2.05 bits per heavy atom. The predicted octanol–water partition coefficient (Wildman–Crippen LogP) is 5.40. The van der Waals surface area contributed by atoms with E-state index in [9.17, 15) is 0 Å². The Bertz CT molecular complexity index is 613. The Labute approximate surface area is 139 Å². The van der Waals surface area contributed by atoms with Crippen LogP contribution in [0.25, 0.3) is 0 Å². The van der Waals surface area contributed by atoms with Gasteiger partial charge in [0.2, 0.25) is 0 Å². The molecule has 0 fully saturated rings. The third-order valence-corrected chi connectivity index (χ3v) is 6.42. The van der Waals surface area contributed by atoms with Crippen LogP contribution in [0.5, 0.6) is 0 Å². The van der Waals surface area contributed by atoms with Crippen molar-refractivity contribution in [3.05, 3.63) is 55.2 Å². The van der Waals surface area contributed by atoms with E-state index in [0.29, 0.717) is 6.04 Å². The van der Waals surface area contributed by atoms with Gasteiger partial charge < -0.3 is 5.32 Å². The first-order valence-electron chi connectivity index (χ1n) is 7.80. The van der Waals surface area contributed by atoms with Crippen molar-refractivity contribution in [3.63, 3.8) is 0 Å². The van der Waals surface area contributed by atoms with Crippen LogP contribution < -0.4 is 5.32 Å². The van der Waals surface area contributed by atoms with Crippen LogP contribution in [0, 0.1) is 6.92 Å². The van der Waals surface area contributed by atoms with E-state index in [1.807, 2.05) is 11.3 Å². The summed E-state index contributed by atoms with van der Waals surface area (Å²) in [7, 11) is 0. The minimum absolute atomic E-state index is 0.325. The van der Waals surface area contributed by atoms with Crippen LogP contribution in [0.15, 0.2) is 28.1 Å². The molecule has 1 unspecified atom stereocenters. The molecule has 0 aliphatic heterocycles. The first-order valence-corrected chi connectivity index (χ1v) is 9.41. The largest absolute Gasteiger partial charge is 0.306 e. The monoisotopic (exact) mass is 363 g/mol. The highest BCUT2D eigenvalue weighted by molar-refractivity contribution is 9.11. The van der Waals surface area contributed by atoms with E-state index in [-0.39, 0.29) is 0 Å². The van der Waals surface area contributed by atoms with Gasteiger partial charge in [0.15, 0.2) is 0 Å². The van der Waals surface area contributed by atoms with Crippen LogP contribution in [0.3, 0.4) is 0 Å². The number of rotatable bonds is 5. The minimum atomic E-state index is 0.325. The van der Waals surface area contributed by atoms with Gasteiger partial charge in [0, 0.05) is 4.88 Å². The molecule has 112 valence electrons. The summed E-state index contributed by atoms with van der Waals surface area (Å²) in [5, 5.41) is 3.72. The smallest absolute Gasteiger partial charge is 0.0731 e. The van der Waals surface area contributed by atoms with E-state index in [2.05, 4.69) is 59.4 Å². The van der Waals surface area contributed by atoms with Crippen molar-refractivity contribution < 1.29 is 0 Å². The van der Waals surface area contributed by atoms with Gasteiger partial charge in [-0.15, -0.1) is 11.3 Å². The lowest BCUT2D eigenvalue weighted by Crippen LogP contribution is -2.22. The summed E-state index contributed by atoms with van der Waals surface area (Å²) in [6, 6.07) is 9.73. The summed E-state index contributed by atoms with van der Waals surface area (Å²) in [6.45, 7) is 5.45. The lowest BCUT2D eigenvalue weighted by molar-refractivity contribution is 0.605. The summed E-state index contributed by atoms with van der Waals surface area (Å²) >= 11 is 5.52. The standard InChI is InChI=1S/C18H22BrNS/c1-3-9-20-17(16-10-12(2)18(19)21-16)15-8-7-13-5-4-6-14(13)11-15/h7-8,10-11,17,20H,3-6,9H2,1-2H3. The number of fused-ring (bicyclic) bond motifs is 1. The fraction of sp³-hybridized carbons (Fsp3) is 0.444. The average molecular weight is 364 g/mol. The second kappa shape index (κ2) is 6.64. The van der Waals surface area contributed by atoms with Crippen LogP contribution in [0.2, 0.25) is 0 Å². The van der Waals surface area contributed by atoms with Crippen molar-refractivity contribution in [2.24, 2.45) is 0 Å². The highest BCUT2D eigenvalue weighted by atomic mass is 79.9. The van der Waals surface area contributed by atoms with Gasteiger partial charge in [0.1, 0.15) is 0 Å². The van der Waals surface area contributed by atoms with E-state index in [0.717, 1.165) is 13.0 Å². The molecule has 1 aromatic heterocycles. The Morgan fingerprint density at radius 1 is 1.24 bits per heavy atom. The van der Waals surface area contributed by atoms with Gasteiger partial charge in [0.25, 0.3) is 0 Å². The first kappa shape index (κ1) is 15.3. The molecule has 0 saturated carbocycles. The Morgan fingerprint density at radius 3 is 2.76 bits per heavy atom. The Kier molecular flexibility index (Phi) is 4.82. The van der Waals surface area contributed by atoms with E-state index >= 15 is 0 Å².